The van der Waals surface area contributed by atoms with Crippen LogP contribution in [0, 0.1) is 0 Å². The topological polar surface area (TPSA) is 71.4 Å². The number of benzene rings is 1. The van der Waals surface area contributed by atoms with Crippen molar-refractivity contribution >= 4 is 25.6 Å². The van der Waals surface area contributed by atoms with Gasteiger partial charge in [0.05, 0.1) is 4.90 Å². The van der Waals surface area contributed by atoms with E-state index in [2.05, 4.69) is 0 Å². The summed E-state index contributed by atoms with van der Waals surface area (Å²) >= 11 is 0. The zero-order chi connectivity index (χ0) is 12.2. The van der Waals surface area contributed by atoms with Crippen LogP contribution in [-0.2, 0) is 13.7 Å². The molecule has 0 aliphatic heterocycles. The average Bonchev–Trinajstić information content (AvgIpc) is 2.27. The maximum atomic E-state index is 11.8. The Bertz CT molecular complexity index is 453. The highest BCUT2D eigenvalue weighted by Crippen LogP contribution is 2.28. The molecule has 1 N–H and O–H groups in total. The maximum absolute atomic E-state index is 11.8. The van der Waals surface area contributed by atoms with Gasteiger partial charge in [0, 0.05) is 0 Å². The Hall–Kier alpha value is -1.01. The summed E-state index contributed by atoms with van der Waals surface area (Å²) in [6.07, 6.45) is 0.270. The van der Waals surface area contributed by atoms with Crippen molar-refractivity contribution in [2.45, 2.75) is 23.5 Å². The third-order valence-electron chi connectivity index (χ3n) is 1.92. The van der Waals surface area contributed by atoms with Crippen LogP contribution >= 0.6 is 10.8 Å². The smallest absolute Gasteiger partial charge is 0.317 e. The zero-order valence-electron chi connectivity index (χ0n) is 8.66. The minimum Gasteiger partial charge on any atom is -0.480 e. The monoisotopic (exact) mass is 260 g/mol. The van der Waals surface area contributed by atoms with Crippen molar-refractivity contribution in [3.63, 3.8) is 0 Å². The third kappa shape index (κ3) is 3.24. The Kier molecular flexibility index (Phi) is 4.37. The fourth-order valence-electron chi connectivity index (χ4n) is 1.08. The van der Waals surface area contributed by atoms with Gasteiger partial charge in [-0.3, -0.25) is 4.79 Å². The molecule has 0 fully saturated rings. The van der Waals surface area contributed by atoms with Gasteiger partial charge in [-0.15, -0.1) is 0 Å². The lowest BCUT2D eigenvalue weighted by Crippen LogP contribution is -2.17. The molecule has 16 heavy (non-hydrogen) atoms. The minimum absolute atomic E-state index is 0.139. The van der Waals surface area contributed by atoms with Crippen LogP contribution in [0.1, 0.15) is 13.3 Å². The van der Waals surface area contributed by atoms with E-state index in [0.717, 1.165) is 0 Å². The van der Waals surface area contributed by atoms with Crippen LogP contribution in [0.5, 0.6) is 0 Å². The molecule has 88 valence electrons. The lowest BCUT2D eigenvalue weighted by atomic mass is 10.3. The molecule has 0 saturated heterocycles. The molecule has 0 aromatic heterocycles. The molecule has 4 nitrogen and oxygen atoms in total. The summed E-state index contributed by atoms with van der Waals surface area (Å²) in [6, 6.07) is 7.83. The Morgan fingerprint density at radius 3 is 2.38 bits per heavy atom. The Morgan fingerprint density at radius 2 is 1.94 bits per heavy atom. The normalized spacial score (nSPS) is 13.3. The van der Waals surface area contributed by atoms with Gasteiger partial charge in [0.15, 0.2) is 0 Å². The highest BCUT2D eigenvalue weighted by Gasteiger charge is 2.25. The zero-order valence-corrected chi connectivity index (χ0v) is 10.3. The van der Waals surface area contributed by atoms with Crippen LogP contribution in [-0.4, -0.2) is 24.7 Å². The predicted molar refractivity (Wildman–Crippen MR) is 62.9 cm³/mol. The van der Waals surface area contributed by atoms with Gasteiger partial charge in [0.1, 0.15) is 5.25 Å². The molecule has 0 spiro atoms. The summed E-state index contributed by atoms with van der Waals surface area (Å²) < 4.78 is 23.6. The van der Waals surface area contributed by atoms with Gasteiger partial charge in [-0.25, -0.2) is 8.42 Å². The molecule has 6 heteroatoms. The lowest BCUT2D eigenvalue weighted by molar-refractivity contribution is -0.136. The van der Waals surface area contributed by atoms with Gasteiger partial charge in [-0.05, 0) is 29.3 Å². The molecule has 0 bridgehead atoms. The molecule has 1 aromatic rings. The first-order chi connectivity index (χ1) is 7.47. The molecule has 1 aromatic carbocycles. The number of carboxylic acid groups (broad SMARTS) is 1. The van der Waals surface area contributed by atoms with Crippen LogP contribution in [0.2, 0.25) is 0 Å². The molecule has 1 unspecified atom stereocenters. The number of carboxylic acids is 1. The first-order valence-electron chi connectivity index (χ1n) is 4.68. The highest BCUT2D eigenvalue weighted by molar-refractivity contribution is 8.72. The molecule has 0 aliphatic carbocycles. The molecule has 1 atom stereocenters. The van der Waals surface area contributed by atoms with Crippen molar-refractivity contribution in [2.75, 3.05) is 0 Å². The SMILES string of the molecule is CCC(SS(=O)(=O)c1ccccc1)C(=O)O. The Morgan fingerprint density at radius 1 is 1.38 bits per heavy atom. The van der Waals surface area contributed by atoms with E-state index in [0.29, 0.717) is 10.8 Å². The summed E-state index contributed by atoms with van der Waals surface area (Å²) in [5.74, 6) is -1.10. The van der Waals surface area contributed by atoms with E-state index >= 15 is 0 Å². The summed E-state index contributed by atoms with van der Waals surface area (Å²) in [5, 5.41) is 7.87. The quantitative estimate of drug-likeness (QED) is 0.819. The van der Waals surface area contributed by atoms with Crippen molar-refractivity contribution < 1.29 is 18.3 Å². The minimum atomic E-state index is -3.58. The van der Waals surface area contributed by atoms with Crippen LogP contribution in [0.3, 0.4) is 0 Å². The molecule has 0 amide bonds. The van der Waals surface area contributed by atoms with Crippen LogP contribution in [0.4, 0.5) is 0 Å². The number of hydrogen-bond acceptors (Lipinski definition) is 4. The van der Waals surface area contributed by atoms with E-state index in [9.17, 15) is 13.2 Å². The van der Waals surface area contributed by atoms with E-state index in [1.807, 2.05) is 0 Å². The van der Waals surface area contributed by atoms with Crippen LogP contribution in [0.25, 0.3) is 0 Å². The first-order valence-corrected chi connectivity index (χ1v) is 7.56. The number of carbonyl (C=O) groups is 1. The summed E-state index contributed by atoms with van der Waals surface area (Å²) in [4.78, 5) is 10.9. The van der Waals surface area contributed by atoms with E-state index in [1.54, 1.807) is 25.1 Å². The van der Waals surface area contributed by atoms with Crippen molar-refractivity contribution in [1.29, 1.82) is 0 Å². The number of rotatable bonds is 5. The van der Waals surface area contributed by atoms with Gasteiger partial charge in [0.25, 0.3) is 0 Å². The van der Waals surface area contributed by atoms with Gasteiger partial charge >= 0.3 is 5.97 Å². The molecular weight excluding hydrogens is 248 g/mol. The first kappa shape index (κ1) is 13.1. The summed E-state index contributed by atoms with van der Waals surface area (Å²) in [6.45, 7) is 1.65. The molecule has 0 saturated carbocycles. The standard InChI is InChI=1S/C10H12O4S2/c1-2-9(10(11)12)15-16(13,14)8-6-4-3-5-7-8/h3-7,9H,2H2,1H3,(H,11,12). The third-order valence-corrected chi connectivity index (χ3v) is 5.83. The Labute approximate surface area is 98.0 Å². The van der Waals surface area contributed by atoms with E-state index in [4.69, 9.17) is 5.11 Å². The van der Waals surface area contributed by atoms with Crippen molar-refractivity contribution in [2.24, 2.45) is 0 Å². The second-order valence-corrected chi connectivity index (χ2v) is 7.13. The van der Waals surface area contributed by atoms with E-state index in [-0.39, 0.29) is 11.3 Å². The van der Waals surface area contributed by atoms with Gasteiger partial charge in [0.2, 0.25) is 8.87 Å². The Balaban J connectivity index is 2.92. The molecular formula is C10H12O4S2. The second-order valence-electron chi connectivity index (χ2n) is 3.10. The summed E-state index contributed by atoms with van der Waals surface area (Å²) in [5.41, 5.74) is 0. The van der Waals surface area contributed by atoms with Gasteiger partial charge < -0.3 is 5.11 Å². The highest BCUT2D eigenvalue weighted by atomic mass is 33.1. The molecule has 1 rings (SSSR count). The van der Waals surface area contributed by atoms with Gasteiger partial charge in [-0.2, -0.15) is 0 Å². The largest absolute Gasteiger partial charge is 0.480 e. The molecule has 0 radical (unpaired) electrons. The molecule has 0 aliphatic rings. The van der Waals surface area contributed by atoms with Crippen LogP contribution < -0.4 is 0 Å². The molecule has 0 heterocycles. The van der Waals surface area contributed by atoms with Gasteiger partial charge in [-0.1, -0.05) is 25.1 Å². The fraction of sp³-hybridized carbons (Fsp3) is 0.300. The average molecular weight is 260 g/mol. The predicted octanol–water partition coefficient (Wildman–Crippen LogP) is 1.97. The fourth-order valence-corrected chi connectivity index (χ4v) is 4.44. The van der Waals surface area contributed by atoms with E-state index < -0.39 is 20.1 Å². The van der Waals surface area contributed by atoms with Crippen molar-refractivity contribution in [1.82, 2.24) is 0 Å². The van der Waals surface area contributed by atoms with Crippen molar-refractivity contribution in [3.05, 3.63) is 30.3 Å². The lowest BCUT2D eigenvalue weighted by Gasteiger charge is -2.09. The number of hydrogen-bond donors (Lipinski definition) is 1. The maximum Gasteiger partial charge on any atom is 0.317 e. The van der Waals surface area contributed by atoms with Crippen LogP contribution in [0.15, 0.2) is 35.2 Å². The summed E-state index contributed by atoms with van der Waals surface area (Å²) in [7, 11) is -3.10. The number of aliphatic carboxylic acids is 1. The van der Waals surface area contributed by atoms with E-state index in [1.165, 1.54) is 12.1 Å². The second kappa shape index (κ2) is 5.36. The van der Waals surface area contributed by atoms with Crippen molar-refractivity contribution in [3.8, 4) is 0 Å².